The van der Waals surface area contributed by atoms with Crippen LogP contribution in [0.4, 0.5) is 0 Å². The summed E-state index contributed by atoms with van der Waals surface area (Å²) in [6, 6.07) is 6.63. The van der Waals surface area contributed by atoms with Crippen molar-refractivity contribution in [2.75, 3.05) is 13.1 Å². The first-order chi connectivity index (χ1) is 8.54. The van der Waals surface area contributed by atoms with E-state index in [0.717, 1.165) is 5.56 Å². The van der Waals surface area contributed by atoms with Crippen LogP contribution in [0.3, 0.4) is 0 Å². The number of carbonyl (C=O) groups excluding carboxylic acids is 1. The molecule has 0 aliphatic carbocycles. The molecule has 0 aliphatic rings. The Labute approximate surface area is 106 Å². The number of nitrogens with one attached hydrogen (secondary N) is 2. The van der Waals surface area contributed by atoms with Gasteiger partial charge in [0.15, 0.2) is 0 Å². The van der Waals surface area contributed by atoms with E-state index in [1.807, 2.05) is 6.92 Å². The van der Waals surface area contributed by atoms with Gasteiger partial charge in [0.1, 0.15) is 11.8 Å². The highest BCUT2D eigenvalue weighted by molar-refractivity contribution is 5.72. The lowest BCUT2D eigenvalue weighted by Crippen LogP contribution is -2.32. The first-order valence-corrected chi connectivity index (χ1v) is 5.71. The van der Waals surface area contributed by atoms with Gasteiger partial charge in [-0.15, -0.1) is 0 Å². The number of hydrogen-bond acceptors (Lipinski definition) is 4. The second-order valence-corrected chi connectivity index (χ2v) is 4.06. The molecule has 0 radical (unpaired) electrons. The number of aromatic hydroxyl groups is 1. The molecule has 1 unspecified atom stereocenters. The van der Waals surface area contributed by atoms with Crippen molar-refractivity contribution in [2.45, 2.75) is 19.9 Å². The highest BCUT2D eigenvalue weighted by atomic mass is 16.3. The van der Waals surface area contributed by atoms with Crippen molar-refractivity contribution in [3.8, 4) is 11.8 Å². The van der Waals surface area contributed by atoms with Gasteiger partial charge in [0.05, 0.1) is 6.07 Å². The molecule has 0 saturated carbocycles. The lowest BCUT2D eigenvalue weighted by molar-refractivity contribution is -0.118. The van der Waals surface area contributed by atoms with Gasteiger partial charge in [-0.05, 0) is 19.1 Å². The minimum absolute atomic E-state index is 0.0965. The molecule has 5 nitrogen and oxygen atoms in total. The summed E-state index contributed by atoms with van der Waals surface area (Å²) < 4.78 is 0. The quantitative estimate of drug-likeness (QED) is 0.677. The van der Waals surface area contributed by atoms with E-state index in [-0.39, 0.29) is 11.7 Å². The minimum atomic E-state index is -0.585. The van der Waals surface area contributed by atoms with E-state index < -0.39 is 6.04 Å². The van der Waals surface area contributed by atoms with Gasteiger partial charge in [-0.2, -0.15) is 5.26 Å². The second-order valence-electron chi connectivity index (χ2n) is 4.06. The predicted octanol–water partition coefficient (Wildman–Crippen LogP) is 0.991. The Morgan fingerprint density at radius 3 is 2.83 bits per heavy atom. The monoisotopic (exact) mass is 247 g/mol. The Hall–Kier alpha value is -2.06. The molecule has 0 spiro atoms. The van der Waals surface area contributed by atoms with Gasteiger partial charge in [0.25, 0.3) is 0 Å². The first-order valence-electron chi connectivity index (χ1n) is 5.71. The van der Waals surface area contributed by atoms with Gasteiger partial charge in [-0.1, -0.05) is 11.6 Å². The third-order valence-electron chi connectivity index (χ3n) is 2.47. The third-order valence-corrected chi connectivity index (χ3v) is 2.47. The van der Waals surface area contributed by atoms with Crippen LogP contribution in [0, 0.1) is 18.3 Å². The summed E-state index contributed by atoms with van der Waals surface area (Å²) in [5, 5.41) is 24.4. The van der Waals surface area contributed by atoms with Crippen molar-refractivity contribution in [3.63, 3.8) is 0 Å². The molecule has 0 aromatic heterocycles. The molecular weight excluding hydrogens is 230 g/mol. The van der Waals surface area contributed by atoms with E-state index in [4.69, 9.17) is 5.26 Å². The Bertz CT molecular complexity index is 466. The van der Waals surface area contributed by atoms with E-state index in [9.17, 15) is 9.90 Å². The van der Waals surface area contributed by atoms with Crippen LogP contribution in [-0.2, 0) is 4.79 Å². The van der Waals surface area contributed by atoms with E-state index in [0.29, 0.717) is 18.7 Å². The maximum Gasteiger partial charge on any atom is 0.216 e. The highest BCUT2D eigenvalue weighted by Gasteiger charge is 2.13. The summed E-state index contributed by atoms with van der Waals surface area (Å²) in [6.45, 7) is 4.24. The van der Waals surface area contributed by atoms with Gasteiger partial charge < -0.3 is 10.4 Å². The summed E-state index contributed by atoms with van der Waals surface area (Å²) in [5.74, 6) is -0.0112. The van der Waals surface area contributed by atoms with E-state index in [2.05, 4.69) is 16.7 Å². The molecule has 18 heavy (non-hydrogen) atoms. The van der Waals surface area contributed by atoms with Crippen LogP contribution in [0.1, 0.15) is 24.1 Å². The maximum absolute atomic E-state index is 10.7. The van der Waals surface area contributed by atoms with Crippen LogP contribution in [-0.4, -0.2) is 24.1 Å². The molecule has 1 aromatic rings. The topological polar surface area (TPSA) is 85.2 Å². The van der Waals surface area contributed by atoms with Crippen LogP contribution < -0.4 is 10.6 Å². The number of phenolic OH excluding ortho intramolecular Hbond substituents is 1. The summed E-state index contributed by atoms with van der Waals surface area (Å²) in [6.07, 6.45) is 0. The fourth-order valence-corrected chi connectivity index (χ4v) is 1.59. The van der Waals surface area contributed by atoms with Crippen molar-refractivity contribution < 1.29 is 9.90 Å². The molecule has 0 heterocycles. The lowest BCUT2D eigenvalue weighted by Gasteiger charge is -2.14. The van der Waals surface area contributed by atoms with Crippen LogP contribution in [0.25, 0.3) is 0 Å². The van der Waals surface area contributed by atoms with Gasteiger partial charge in [0, 0.05) is 25.6 Å². The summed E-state index contributed by atoms with van der Waals surface area (Å²) in [5.41, 5.74) is 1.53. The molecule has 96 valence electrons. The van der Waals surface area contributed by atoms with Gasteiger partial charge in [-0.3, -0.25) is 10.1 Å². The van der Waals surface area contributed by atoms with Crippen LogP contribution in [0.2, 0.25) is 0 Å². The molecule has 1 rings (SSSR count). The molecule has 1 aromatic carbocycles. The fourth-order valence-electron chi connectivity index (χ4n) is 1.59. The van der Waals surface area contributed by atoms with Gasteiger partial charge >= 0.3 is 0 Å². The molecule has 5 heteroatoms. The highest BCUT2D eigenvalue weighted by Crippen LogP contribution is 2.24. The number of hydrogen-bond donors (Lipinski definition) is 3. The Balaban J connectivity index is 2.63. The molecule has 3 N–H and O–H groups in total. The number of carbonyl (C=O) groups is 1. The molecule has 1 amide bonds. The largest absolute Gasteiger partial charge is 0.508 e. The molecule has 0 saturated heterocycles. The van der Waals surface area contributed by atoms with E-state index in [1.54, 1.807) is 18.2 Å². The Kier molecular flexibility index (Phi) is 5.15. The standard InChI is InChI=1S/C13H17N3O2/c1-9-3-4-13(18)11(7-9)12(8-14)16-6-5-15-10(2)17/h3-4,7,12,16,18H,5-6H2,1-2H3,(H,15,17). The SMILES string of the molecule is CC(=O)NCCNC(C#N)c1cc(C)ccc1O. The maximum atomic E-state index is 10.7. The van der Waals surface area contributed by atoms with Crippen molar-refractivity contribution in [1.82, 2.24) is 10.6 Å². The average molecular weight is 247 g/mol. The van der Waals surface area contributed by atoms with Crippen molar-refractivity contribution in [2.24, 2.45) is 0 Å². The predicted molar refractivity (Wildman–Crippen MR) is 67.9 cm³/mol. The molecule has 0 bridgehead atoms. The zero-order chi connectivity index (χ0) is 13.5. The molecular formula is C13H17N3O2. The zero-order valence-corrected chi connectivity index (χ0v) is 10.5. The summed E-state index contributed by atoms with van der Waals surface area (Å²) in [4.78, 5) is 10.7. The number of phenols is 1. The fraction of sp³-hybridized carbons (Fsp3) is 0.385. The number of rotatable bonds is 5. The smallest absolute Gasteiger partial charge is 0.216 e. The number of nitriles is 1. The normalized spacial score (nSPS) is 11.6. The zero-order valence-electron chi connectivity index (χ0n) is 10.5. The number of nitrogens with zero attached hydrogens (tertiary/aromatic N) is 1. The summed E-state index contributed by atoms with van der Waals surface area (Å²) >= 11 is 0. The van der Waals surface area contributed by atoms with Crippen molar-refractivity contribution in [3.05, 3.63) is 29.3 Å². The first kappa shape index (κ1) is 14.0. The van der Waals surface area contributed by atoms with E-state index in [1.165, 1.54) is 6.92 Å². The number of aryl methyl sites for hydroxylation is 1. The average Bonchev–Trinajstić information content (AvgIpc) is 2.33. The minimum Gasteiger partial charge on any atom is -0.508 e. The van der Waals surface area contributed by atoms with Crippen molar-refractivity contribution in [1.29, 1.82) is 5.26 Å². The molecule has 1 atom stereocenters. The lowest BCUT2D eigenvalue weighted by atomic mass is 10.0. The Morgan fingerprint density at radius 2 is 2.22 bits per heavy atom. The van der Waals surface area contributed by atoms with Crippen LogP contribution >= 0.6 is 0 Å². The number of amides is 1. The second kappa shape index (κ2) is 6.62. The van der Waals surface area contributed by atoms with Crippen LogP contribution in [0.5, 0.6) is 5.75 Å². The van der Waals surface area contributed by atoms with Crippen molar-refractivity contribution >= 4 is 5.91 Å². The van der Waals surface area contributed by atoms with Gasteiger partial charge in [0.2, 0.25) is 5.91 Å². The third kappa shape index (κ3) is 4.07. The van der Waals surface area contributed by atoms with E-state index >= 15 is 0 Å². The molecule has 0 fully saturated rings. The van der Waals surface area contributed by atoms with Crippen LogP contribution in [0.15, 0.2) is 18.2 Å². The molecule has 0 aliphatic heterocycles. The summed E-state index contributed by atoms with van der Waals surface area (Å²) in [7, 11) is 0. The Morgan fingerprint density at radius 1 is 1.50 bits per heavy atom. The number of benzene rings is 1. The van der Waals surface area contributed by atoms with Gasteiger partial charge in [-0.25, -0.2) is 0 Å².